The standard InChI is InChI=1S/C14H10ClFO/c1-9-7-11(13(16)12(15)8-9)14(17)10-5-3-2-4-6-10/h2-8H,1H3. The molecular weight excluding hydrogens is 239 g/mol. The Hall–Kier alpha value is -1.67. The molecule has 2 aromatic rings. The SMILES string of the molecule is Cc1cc(Cl)c(F)c(C(=O)c2ccccc2)c1. The second-order valence-corrected chi connectivity index (χ2v) is 4.21. The van der Waals surface area contributed by atoms with Gasteiger partial charge < -0.3 is 0 Å². The fourth-order valence-electron chi connectivity index (χ4n) is 1.63. The summed E-state index contributed by atoms with van der Waals surface area (Å²) in [6.07, 6.45) is 0. The highest BCUT2D eigenvalue weighted by molar-refractivity contribution is 6.31. The molecular formula is C14H10ClFO. The van der Waals surface area contributed by atoms with Gasteiger partial charge in [-0.25, -0.2) is 4.39 Å². The summed E-state index contributed by atoms with van der Waals surface area (Å²) in [6.45, 7) is 1.77. The fourth-order valence-corrected chi connectivity index (χ4v) is 1.91. The number of benzene rings is 2. The van der Waals surface area contributed by atoms with Crippen LogP contribution in [0.15, 0.2) is 42.5 Å². The summed E-state index contributed by atoms with van der Waals surface area (Å²) in [7, 11) is 0. The predicted octanol–water partition coefficient (Wildman–Crippen LogP) is 4.02. The van der Waals surface area contributed by atoms with Gasteiger partial charge >= 0.3 is 0 Å². The molecule has 0 aromatic heterocycles. The first-order valence-corrected chi connectivity index (χ1v) is 5.53. The predicted molar refractivity (Wildman–Crippen MR) is 66.0 cm³/mol. The summed E-state index contributed by atoms with van der Waals surface area (Å²) in [5.41, 5.74) is 1.23. The summed E-state index contributed by atoms with van der Waals surface area (Å²) >= 11 is 5.72. The molecule has 0 saturated carbocycles. The Balaban J connectivity index is 2.52. The van der Waals surface area contributed by atoms with Crippen LogP contribution in [0.1, 0.15) is 21.5 Å². The molecule has 0 saturated heterocycles. The first-order valence-electron chi connectivity index (χ1n) is 5.15. The Kier molecular flexibility index (Phi) is 3.25. The van der Waals surface area contributed by atoms with E-state index in [0.717, 1.165) is 5.56 Å². The van der Waals surface area contributed by atoms with Crippen LogP contribution in [0.2, 0.25) is 5.02 Å². The molecule has 0 atom stereocenters. The number of rotatable bonds is 2. The molecule has 17 heavy (non-hydrogen) atoms. The van der Waals surface area contributed by atoms with Gasteiger partial charge in [-0.05, 0) is 24.6 Å². The lowest BCUT2D eigenvalue weighted by Gasteiger charge is -2.05. The molecule has 0 amide bonds. The maximum atomic E-state index is 13.8. The molecule has 0 aliphatic rings. The molecule has 86 valence electrons. The first kappa shape index (κ1) is 11.8. The minimum Gasteiger partial charge on any atom is -0.288 e. The molecule has 1 nitrogen and oxygen atoms in total. The van der Waals surface area contributed by atoms with Gasteiger partial charge in [0.15, 0.2) is 11.6 Å². The van der Waals surface area contributed by atoms with Crippen LogP contribution in [0.4, 0.5) is 4.39 Å². The van der Waals surface area contributed by atoms with E-state index >= 15 is 0 Å². The summed E-state index contributed by atoms with van der Waals surface area (Å²) in [4.78, 5) is 12.1. The van der Waals surface area contributed by atoms with Crippen LogP contribution in [0.5, 0.6) is 0 Å². The highest BCUT2D eigenvalue weighted by Gasteiger charge is 2.16. The number of hydrogen-bond acceptors (Lipinski definition) is 1. The van der Waals surface area contributed by atoms with E-state index in [0.29, 0.717) is 5.56 Å². The number of hydrogen-bond donors (Lipinski definition) is 0. The molecule has 0 radical (unpaired) electrons. The highest BCUT2D eigenvalue weighted by atomic mass is 35.5. The Bertz CT molecular complexity index is 564. The zero-order valence-electron chi connectivity index (χ0n) is 9.21. The van der Waals surface area contributed by atoms with Gasteiger partial charge in [-0.3, -0.25) is 4.79 Å². The summed E-state index contributed by atoms with van der Waals surface area (Å²) in [6, 6.07) is 11.6. The van der Waals surface area contributed by atoms with Crippen molar-refractivity contribution in [3.05, 3.63) is 70.0 Å². The molecule has 0 aliphatic carbocycles. The summed E-state index contributed by atoms with van der Waals surface area (Å²) in [5, 5.41) is -0.0238. The maximum absolute atomic E-state index is 13.8. The lowest BCUT2D eigenvalue weighted by Crippen LogP contribution is -2.05. The average Bonchev–Trinajstić information content (AvgIpc) is 2.34. The van der Waals surface area contributed by atoms with Gasteiger partial charge in [0.2, 0.25) is 0 Å². The van der Waals surface area contributed by atoms with Crippen molar-refractivity contribution < 1.29 is 9.18 Å². The fraction of sp³-hybridized carbons (Fsp3) is 0.0714. The largest absolute Gasteiger partial charge is 0.288 e. The second-order valence-electron chi connectivity index (χ2n) is 3.80. The van der Waals surface area contributed by atoms with Gasteiger partial charge in [0.1, 0.15) is 0 Å². The molecule has 0 unspecified atom stereocenters. The van der Waals surface area contributed by atoms with E-state index < -0.39 is 5.82 Å². The van der Waals surface area contributed by atoms with E-state index in [1.54, 1.807) is 37.3 Å². The summed E-state index contributed by atoms with van der Waals surface area (Å²) < 4.78 is 13.8. The van der Waals surface area contributed by atoms with Crippen LogP contribution >= 0.6 is 11.6 Å². The molecule has 0 fully saturated rings. The quantitative estimate of drug-likeness (QED) is 0.734. The lowest BCUT2D eigenvalue weighted by molar-refractivity contribution is 0.103. The Morgan fingerprint density at radius 1 is 1.18 bits per heavy atom. The van der Waals surface area contributed by atoms with Crippen molar-refractivity contribution in [3.63, 3.8) is 0 Å². The topological polar surface area (TPSA) is 17.1 Å². The average molecular weight is 249 g/mol. The Labute approximate surface area is 104 Å². The summed E-state index contributed by atoms with van der Waals surface area (Å²) in [5.74, 6) is -1.01. The number of carbonyl (C=O) groups is 1. The molecule has 0 bridgehead atoms. The minimum atomic E-state index is -0.661. The van der Waals surface area contributed by atoms with Crippen LogP contribution in [-0.4, -0.2) is 5.78 Å². The van der Waals surface area contributed by atoms with Crippen molar-refractivity contribution in [3.8, 4) is 0 Å². The van der Waals surface area contributed by atoms with Crippen LogP contribution in [0.3, 0.4) is 0 Å². The van der Waals surface area contributed by atoms with Crippen molar-refractivity contribution >= 4 is 17.4 Å². The van der Waals surface area contributed by atoms with Gasteiger partial charge in [-0.2, -0.15) is 0 Å². The number of aryl methyl sites for hydroxylation is 1. The van der Waals surface area contributed by atoms with E-state index in [1.807, 2.05) is 0 Å². The molecule has 2 rings (SSSR count). The molecule has 3 heteroatoms. The van der Waals surface area contributed by atoms with E-state index in [4.69, 9.17) is 11.6 Å². The second kappa shape index (κ2) is 4.68. The van der Waals surface area contributed by atoms with Crippen LogP contribution in [0.25, 0.3) is 0 Å². The van der Waals surface area contributed by atoms with Gasteiger partial charge in [0.25, 0.3) is 0 Å². The maximum Gasteiger partial charge on any atom is 0.196 e. The Morgan fingerprint density at radius 3 is 2.47 bits per heavy atom. The zero-order valence-corrected chi connectivity index (χ0v) is 9.96. The van der Waals surface area contributed by atoms with Crippen LogP contribution in [0, 0.1) is 12.7 Å². The van der Waals surface area contributed by atoms with E-state index in [-0.39, 0.29) is 16.4 Å². The Morgan fingerprint density at radius 2 is 1.82 bits per heavy atom. The minimum absolute atomic E-state index is 0.0150. The molecule has 0 aliphatic heterocycles. The molecule has 2 aromatic carbocycles. The van der Waals surface area contributed by atoms with E-state index in [9.17, 15) is 9.18 Å². The first-order chi connectivity index (χ1) is 8.09. The van der Waals surface area contributed by atoms with Crippen LogP contribution in [-0.2, 0) is 0 Å². The highest BCUT2D eigenvalue weighted by Crippen LogP contribution is 2.22. The third kappa shape index (κ3) is 2.37. The molecule has 0 spiro atoms. The van der Waals surface area contributed by atoms with E-state index in [1.165, 1.54) is 12.1 Å². The normalized spacial score (nSPS) is 10.3. The van der Waals surface area contributed by atoms with Crippen molar-refractivity contribution in [2.75, 3.05) is 0 Å². The zero-order chi connectivity index (χ0) is 12.4. The number of halogens is 2. The van der Waals surface area contributed by atoms with Crippen molar-refractivity contribution in [2.24, 2.45) is 0 Å². The number of carbonyl (C=O) groups excluding carboxylic acids is 1. The van der Waals surface area contributed by atoms with Crippen molar-refractivity contribution in [1.82, 2.24) is 0 Å². The van der Waals surface area contributed by atoms with Crippen molar-refractivity contribution in [1.29, 1.82) is 0 Å². The van der Waals surface area contributed by atoms with E-state index in [2.05, 4.69) is 0 Å². The van der Waals surface area contributed by atoms with Gasteiger partial charge in [0.05, 0.1) is 10.6 Å². The van der Waals surface area contributed by atoms with Gasteiger partial charge in [-0.15, -0.1) is 0 Å². The van der Waals surface area contributed by atoms with Crippen LogP contribution < -0.4 is 0 Å². The monoisotopic (exact) mass is 248 g/mol. The smallest absolute Gasteiger partial charge is 0.196 e. The van der Waals surface area contributed by atoms with Gasteiger partial charge in [0, 0.05) is 5.56 Å². The van der Waals surface area contributed by atoms with Crippen molar-refractivity contribution in [2.45, 2.75) is 6.92 Å². The molecule has 0 heterocycles. The molecule has 0 N–H and O–H groups in total. The third-order valence-electron chi connectivity index (χ3n) is 2.45. The lowest BCUT2D eigenvalue weighted by atomic mass is 10.0. The third-order valence-corrected chi connectivity index (χ3v) is 2.73. The number of ketones is 1. The van der Waals surface area contributed by atoms with Gasteiger partial charge in [-0.1, -0.05) is 41.9 Å².